The van der Waals surface area contributed by atoms with Crippen molar-refractivity contribution in [3.8, 4) is 11.3 Å². The van der Waals surface area contributed by atoms with E-state index in [4.69, 9.17) is 0 Å². The van der Waals surface area contributed by atoms with Gasteiger partial charge in [-0.25, -0.2) is 9.50 Å². The molecule has 0 amide bonds. The van der Waals surface area contributed by atoms with Crippen LogP contribution in [0, 0.1) is 6.92 Å². The molecule has 0 atom stereocenters. The Kier molecular flexibility index (Phi) is 1.76. The highest BCUT2D eigenvalue weighted by Crippen LogP contribution is 2.19. The van der Waals surface area contributed by atoms with Crippen LogP contribution in [0.25, 0.3) is 16.9 Å². The van der Waals surface area contributed by atoms with Gasteiger partial charge in [-0.2, -0.15) is 20.1 Å². The molecular formula is C10H10N6. The maximum Gasteiger partial charge on any atom is 0.155 e. The van der Waals surface area contributed by atoms with Gasteiger partial charge in [0.2, 0.25) is 0 Å². The summed E-state index contributed by atoms with van der Waals surface area (Å²) < 4.78 is 1.73. The topological polar surface area (TPSA) is 60.9 Å². The summed E-state index contributed by atoms with van der Waals surface area (Å²) in [6.45, 7) is 1.94. The summed E-state index contributed by atoms with van der Waals surface area (Å²) in [5.74, 6) is 0. The van der Waals surface area contributed by atoms with E-state index in [1.807, 2.05) is 32.3 Å². The van der Waals surface area contributed by atoms with Crippen LogP contribution < -0.4 is 0 Å². The number of aromatic nitrogens is 6. The minimum atomic E-state index is 0.824. The summed E-state index contributed by atoms with van der Waals surface area (Å²) in [4.78, 5) is 5.66. The van der Waals surface area contributed by atoms with Crippen LogP contribution in [-0.4, -0.2) is 29.6 Å². The van der Waals surface area contributed by atoms with E-state index in [0.29, 0.717) is 0 Å². The highest BCUT2D eigenvalue weighted by molar-refractivity contribution is 5.61. The lowest BCUT2D eigenvalue weighted by atomic mass is 10.2. The zero-order valence-electron chi connectivity index (χ0n) is 8.99. The molecule has 3 aromatic rings. The van der Waals surface area contributed by atoms with Crippen LogP contribution in [0.2, 0.25) is 0 Å². The SMILES string of the molecule is Cc1nn(C)nc1-c1ccc2ncnn2c1. The van der Waals surface area contributed by atoms with Gasteiger partial charge in [0.1, 0.15) is 12.0 Å². The molecule has 0 aliphatic carbocycles. The molecule has 6 heteroatoms. The lowest BCUT2D eigenvalue weighted by Gasteiger charge is -1.97. The van der Waals surface area contributed by atoms with Crippen molar-refractivity contribution in [2.24, 2.45) is 7.05 Å². The van der Waals surface area contributed by atoms with Gasteiger partial charge < -0.3 is 0 Å². The van der Waals surface area contributed by atoms with Crippen molar-refractivity contribution in [1.82, 2.24) is 29.6 Å². The molecule has 0 aliphatic rings. The van der Waals surface area contributed by atoms with Gasteiger partial charge in [0.25, 0.3) is 0 Å². The Bertz CT molecular complexity index is 650. The fourth-order valence-electron chi connectivity index (χ4n) is 1.73. The zero-order chi connectivity index (χ0) is 11.1. The molecule has 3 heterocycles. The van der Waals surface area contributed by atoms with E-state index in [9.17, 15) is 0 Å². The molecule has 0 aromatic carbocycles. The predicted octanol–water partition coefficient (Wildman–Crippen LogP) is 0.833. The summed E-state index contributed by atoms with van der Waals surface area (Å²) in [6.07, 6.45) is 3.43. The van der Waals surface area contributed by atoms with Gasteiger partial charge in [0.05, 0.1) is 5.69 Å². The predicted molar refractivity (Wildman–Crippen MR) is 57.7 cm³/mol. The summed E-state index contributed by atoms with van der Waals surface area (Å²) in [6, 6.07) is 3.89. The van der Waals surface area contributed by atoms with Gasteiger partial charge in [0.15, 0.2) is 5.65 Å². The normalized spacial score (nSPS) is 11.1. The van der Waals surface area contributed by atoms with Crippen LogP contribution in [-0.2, 0) is 7.05 Å². The lowest BCUT2D eigenvalue weighted by Crippen LogP contribution is -1.92. The quantitative estimate of drug-likeness (QED) is 0.602. The average Bonchev–Trinajstić information content (AvgIpc) is 2.83. The maximum absolute atomic E-state index is 4.32. The van der Waals surface area contributed by atoms with E-state index in [-0.39, 0.29) is 0 Å². The highest BCUT2D eigenvalue weighted by atomic mass is 15.5. The van der Waals surface area contributed by atoms with Crippen molar-refractivity contribution in [3.05, 3.63) is 30.4 Å². The number of hydrogen-bond acceptors (Lipinski definition) is 4. The molecule has 0 unspecified atom stereocenters. The van der Waals surface area contributed by atoms with Crippen molar-refractivity contribution in [3.63, 3.8) is 0 Å². The second kappa shape index (κ2) is 3.13. The first-order valence-electron chi connectivity index (χ1n) is 4.92. The van der Waals surface area contributed by atoms with Crippen LogP contribution in [0.4, 0.5) is 0 Å². The van der Waals surface area contributed by atoms with Crippen molar-refractivity contribution in [2.75, 3.05) is 0 Å². The first-order valence-corrected chi connectivity index (χ1v) is 4.92. The molecule has 16 heavy (non-hydrogen) atoms. The number of rotatable bonds is 1. The maximum atomic E-state index is 4.32. The first-order chi connectivity index (χ1) is 7.74. The minimum absolute atomic E-state index is 0.824. The molecule has 0 saturated heterocycles. The Morgan fingerprint density at radius 3 is 2.81 bits per heavy atom. The molecule has 0 N–H and O–H groups in total. The fraction of sp³-hybridized carbons (Fsp3) is 0.200. The van der Waals surface area contributed by atoms with Crippen LogP contribution >= 0.6 is 0 Å². The van der Waals surface area contributed by atoms with E-state index in [1.165, 1.54) is 6.33 Å². The number of nitrogens with zero attached hydrogens (tertiary/aromatic N) is 6. The number of pyridine rings is 1. The van der Waals surface area contributed by atoms with Crippen molar-refractivity contribution in [1.29, 1.82) is 0 Å². The Morgan fingerprint density at radius 1 is 1.19 bits per heavy atom. The lowest BCUT2D eigenvalue weighted by molar-refractivity contribution is 0.650. The van der Waals surface area contributed by atoms with Crippen molar-refractivity contribution >= 4 is 5.65 Å². The smallest absolute Gasteiger partial charge is 0.155 e. The Labute approximate surface area is 91.5 Å². The van der Waals surface area contributed by atoms with Gasteiger partial charge >= 0.3 is 0 Å². The largest absolute Gasteiger partial charge is 0.220 e. The van der Waals surface area contributed by atoms with E-state index in [0.717, 1.165) is 22.6 Å². The summed E-state index contributed by atoms with van der Waals surface area (Å²) >= 11 is 0. The molecule has 0 aliphatic heterocycles. The van der Waals surface area contributed by atoms with Crippen LogP contribution in [0.15, 0.2) is 24.7 Å². The third-order valence-corrected chi connectivity index (χ3v) is 2.43. The van der Waals surface area contributed by atoms with E-state index < -0.39 is 0 Å². The monoisotopic (exact) mass is 214 g/mol. The molecule has 0 radical (unpaired) electrons. The molecule has 0 spiro atoms. The highest BCUT2D eigenvalue weighted by Gasteiger charge is 2.08. The van der Waals surface area contributed by atoms with Crippen LogP contribution in [0.3, 0.4) is 0 Å². The van der Waals surface area contributed by atoms with Gasteiger partial charge in [-0.3, -0.25) is 0 Å². The van der Waals surface area contributed by atoms with E-state index in [2.05, 4.69) is 20.3 Å². The summed E-state index contributed by atoms with van der Waals surface area (Å²) in [7, 11) is 1.81. The Balaban J connectivity index is 2.21. The zero-order valence-corrected chi connectivity index (χ0v) is 8.99. The Hall–Kier alpha value is -2.24. The molecule has 80 valence electrons. The number of hydrogen-bond donors (Lipinski definition) is 0. The molecule has 3 rings (SSSR count). The van der Waals surface area contributed by atoms with E-state index >= 15 is 0 Å². The van der Waals surface area contributed by atoms with Crippen LogP contribution in [0.1, 0.15) is 5.69 Å². The van der Waals surface area contributed by atoms with Gasteiger partial charge in [-0.15, -0.1) is 0 Å². The number of fused-ring (bicyclic) bond motifs is 1. The minimum Gasteiger partial charge on any atom is -0.220 e. The molecular weight excluding hydrogens is 204 g/mol. The van der Waals surface area contributed by atoms with Gasteiger partial charge in [-0.1, -0.05) is 0 Å². The van der Waals surface area contributed by atoms with Gasteiger partial charge in [0, 0.05) is 18.8 Å². The fourth-order valence-corrected chi connectivity index (χ4v) is 1.73. The Morgan fingerprint density at radius 2 is 2.06 bits per heavy atom. The average molecular weight is 214 g/mol. The second-order valence-corrected chi connectivity index (χ2v) is 3.60. The first kappa shape index (κ1) is 9.02. The third-order valence-electron chi connectivity index (χ3n) is 2.43. The number of aryl methyl sites for hydroxylation is 2. The van der Waals surface area contributed by atoms with E-state index in [1.54, 1.807) is 9.31 Å². The van der Waals surface area contributed by atoms with Gasteiger partial charge in [-0.05, 0) is 19.1 Å². The summed E-state index contributed by atoms with van der Waals surface area (Å²) in [5.41, 5.74) is 3.59. The molecule has 0 saturated carbocycles. The summed E-state index contributed by atoms with van der Waals surface area (Å²) in [5, 5.41) is 12.6. The molecule has 0 fully saturated rings. The molecule has 3 aromatic heterocycles. The third kappa shape index (κ3) is 1.27. The molecule has 0 bridgehead atoms. The van der Waals surface area contributed by atoms with Crippen molar-refractivity contribution in [2.45, 2.75) is 6.92 Å². The second-order valence-electron chi connectivity index (χ2n) is 3.60. The van der Waals surface area contributed by atoms with Crippen molar-refractivity contribution < 1.29 is 0 Å². The standard InChI is InChI=1S/C10H10N6/c1-7-10(14-15(2)13-7)8-3-4-9-11-6-12-16(9)5-8/h3-6H,1-2H3. The molecule has 6 nitrogen and oxygen atoms in total. The van der Waals surface area contributed by atoms with Crippen LogP contribution in [0.5, 0.6) is 0 Å².